The summed E-state index contributed by atoms with van der Waals surface area (Å²) >= 11 is 0. The van der Waals surface area contributed by atoms with Gasteiger partial charge < -0.3 is 14.8 Å². The molecule has 0 spiro atoms. The standard InChI is InChI=1S/C27H36F3NO3/c1-5-33-24(32)14-15-31-17-18-6-12-22-19(16-18)7-13-23(25(22)27(28,29)30)34-21-10-8-20(9-11-21)26(2,3)4/h6-7,12-13,16,20-21,31H,5,8-11,14-15,17H2,1-4H3/t20-,21-. The number of ether oxygens (including phenoxy) is 2. The van der Waals surface area contributed by atoms with Crippen molar-refractivity contribution in [3.05, 3.63) is 41.5 Å². The molecule has 0 unspecified atom stereocenters. The summed E-state index contributed by atoms with van der Waals surface area (Å²) in [6.45, 7) is 9.63. The molecule has 7 heteroatoms. The number of hydrogen-bond donors (Lipinski definition) is 1. The zero-order chi connectivity index (χ0) is 24.9. The Morgan fingerprint density at radius 2 is 1.76 bits per heavy atom. The Balaban J connectivity index is 1.72. The molecule has 0 aliphatic heterocycles. The molecule has 0 aromatic heterocycles. The smallest absolute Gasteiger partial charge is 0.420 e. The fraction of sp³-hybridized carbons (Fsp3) is 0.593. The maximum absolute atomic E-state index is 14.1. The molecule has 0 heterocycles. The summed E-state index contributed by atoms with van der Waals surface area (Å²) in [4.78, 5) is 11.4. The second kappa shape index (κ2) is 11.0. The molecule has 1 fully saturated rings. The quantitative estimate of drug-likeness (QED) is 0.331. The molecule has 34 heavy (non-hydrogen) atoms. The molecule has 0 atom stereocenters. The van der Waals surface area contributed by atoms with Gasteiger partial charge in [-0.05, 0) is 72.4 Å². The fourth-order valence-corrected chi connectivity index (χ4v) is 4.74. The largest absolute Gasteiger partial charge is 0.490 e. The van der Waals surface area contributed by atoms with Crippen molar-refractivity contribution < 1.29 is 27.4 Å². The lowest BCUT2D eigenvalue weighted by Crippen LogP contribution is -2.31. The second-order valence-electron chi connectivity index (χ2n) is 10.2. The Labute approximate surface area is 200 Å². The van der Waals surface area contributed by atoms with E-state index in [9.17, 15) is 18.0 Å². The average molecular weight is 480 g/mol. The van der Waals surface area contributed by atoms with Crippen LogP contribution in [0.1, 0.15) is 70.9 Å². The summed E-state index contributed by atoms with van der Waals surface area (Å²) in [7, 11) is 0. The number of nitrogens with one attached hydrogen (secondary N) is 1. The van der Waals surface area contributed by atoms with Gasteiger partial charge in [0.15, 0.2) is 0 Å². The van der Waals surface area contributed by atoms with Crippen molar-refractivity contribution in [3.8, 4) is 5.75 Å². The van der Waals surface area contributed by atoms with E-state index < -0.39 is 11.7 Å². The van der Waals surface area contributed by atoms with Crippen LogP contribution in [0.3, 0.4) is 0 Å². The third kappa shape index (κ3) is 6.87. The summed E-state index contributed by atoms with van der Waals surface area (Å²) in [6.07, 6.45) is -0.985. The van der Waals surface area contributed by atoms with Crippen LogP contribution in [0.25, 0.3) is 10.8 Å². The molecular formula is C27H36F3NO3. The van der Waals surface area contributed by atoms with Gasteiger partial charge in [0.1, 0.15) is 11.3 Å². The van der Waals surface area contributed by atoms with Gasteiger partial charge in [-0.2, -0.15) is 13.2 Å². The van der Waals surface area contributed by atoms with Crippen LogP contribution in [0.5, 0.6) is 5.75 Å². The Hall–Kier alpha value is -2.28. The van der Waals surface area contributed by atoms with Gasteiger partial charge in [0.25, 0.3) is 0 Å². The van der Waals surface area contributed by atoms with Gasteiger partial charge in [0, 0.05) is 13.1 Å². The van der Waals surface area contributed by atoms with E-state index in [1.54, 1.807) is 25.1 Å². The first kappa shape index (κ1) is 26.3. The molecular weight excluding hydrogens is 443 g/mol. The lowest BCUT2D eigenvalue weighted by atomic mass is 9.72. The van der Waals surface area contributed by atoms with Crippen LogP contribution < -0.4 is 10.1 Å². The van der Waals surface area contributed by atoms with E-state index in [4.69, 9.17) is 9.47 Å². The topological polar surface area (TPSA) is 47.6 Å². The molecule has 0 bridgehead atoms. The highest BCUT2D eigenvalue weighted by Crippen LogP contribution is 2.44. The molecule has 0 saturated heterocycles. The van der Waals surface area contributed by atoms with Crippen molar-refractivity contribution in [1.82, 2.24) is 5.32 Å². The van der Waals surface area contributed by atoms with Crippen molar-refractivity contribution in [2.24, 2.45) is 11.3 Å². The van der Waals surface area contributed by atoms with E-state index in [0.29, 0.717) is 31.0 Å². The van der Waals surface area contributed by atoms with Gasteiger partial charge in [-0.15, -0.1) is 0 Å². The van der Waals surface area contributed by atoms with E-state index in [2.05, 4.69) is 26.1 Å². The maximum atomic E-state index is 14.1. The lowest BCUT2D eigenvalue weighted by molar-refractivity contribution is -0.143. The third-order valence-electron chi connectivity index (χ3n) is 6.66. The predicted octanol–water partition coefficient (Wildman–Crippen LogP) is 6.89. The summed E-state index contributed by atoms with van der Waals surface area (Å²) in [5.74, 6) is 0.206. The van der Waals surface area contributed by atoms with Gasteiger partial charge in [0.2, 0.25) is 0 Å². The molecule has 4 nitrogen and oxygen atoms in total. The first-order chi connectivity index (χ1) is 16.0. The number of carbonyl (C=O) groups excluding carboxylic acids is 1. The molecule has 2 aromatic rings. The Morgan fingerprint density at radius 1 is 1.06 bits per heavy atom. The first-order valence-corrected chi connectivity index (χ1v) is 12.1. The van der Waals surface area contributed by atoms with Crippen molar-refractivity contribution in [2.75, 3.05) is 13.2 Å². The van der Waals surface area contributed by atoms with E-state index in [1.165, 1.54) is 12.1 Å². The number of esters is 1. The number of carbonyl (C=O) groups is 1. The minimum absolute atomic E-state index is 0.0838. The van der Waals surface area contributed by atoms with Crippen LogP contribution in [-0.2, 0) is 22.3 Å². The highest BCUT2D eigenvalue weighted by Gasteiger charge is 2.38. The summed E-state index contributed by atoms with van der Waals surface area (Å²) < 4.78 is 53.1. The molecule has 1 N–H and O–H groups in total. The minimum Gasteiger partial charge on any atom is -0.490 e. The number of hydrogen-bond acceptors (Lipinski definition) is 4. The zero-order valence-electron chi connectivity index (χ0n) is 20.6. The molecule has 0 radical (unpaired) electrons. The summed E-state index contributed by atoms with van der Waals surface area (Å²) in [5.41, 5.74) is 0.347. The predicted molar refractivity (Wildman–Crippen MR) is 128 cm³/mol. The fourth-order valence-electron chi connectivity index (χ4n) is 4.74. The van der Waals surface area contributed by atoms with Crippen molar-refractivity contribution in [1.29, 1.82) is 0 Å². The highest BCUT2D eigenvalue weighted by molar-refractivity contribution is 5.89. The molecule has 2 aromatic carbocycles. The summed E-state index contributed by atoms with van der Waals surface area (Å²) in [6, 6.07) is 8.11. The van der Waals surface area contributed by atoms with E-state index >= 15 is 0 Å². The molecule has 1 aliphatic rings. The number of benzene rings is 2. The molecule has 1 aliphatic carbocycles. The van der Waals surface area contributed by atoms with Crippen LogP contribution in [0.4, 0.5) is 13.2 Å². The normalized spacial score (nSPS) is 19.3. The van der Waals surface area contributed by atoms with Crippen molar-refractivity contribution in [2.45, 2.75) is 78.6 Å². The molecule has 188 valence electrons. The average Bonchev–Trinajstić information content (AvgIpc) is 2.75. The van der Waals surface area contributed by atoms with Crippen LogP contribution in [0, 0.1) is 11.3 Å². The highest BCUT2D eigenvalue weighted by atomic mass is 19.4. The number of fused-ring (bicyclic) bond motifs is 1. The first-order valence-electron chi connectivity index (χ1n) is 12.1. The van der Waals surface area contributed by atoms with Crippen LogP contribution in [0.2, 0.25) is 0 Å². The SMILES string of the molecule is CCOC(=O)CCNCc1ccc2c(C(F)(F)F)c(O[C@H]3CC[C@H](C(C)(C)C)CC3)ccc2c1. The Kier molecular flexibility index (Phi) is 8.50. The van der Waals surface area contributed by atoms with Crippen LogP contribution in [-0.4, -0.2) is 25.2 Å². The van der Waals surface area contributed by atoms with Gasteiger partial charge >= 0.3 is 12.1 Å². The third-order valence-corrected chi connectivity index (χ3v) is 6.66. The van der Waals surface area contributed by atoms with Gasteiger partial charge in [0.05, 0.1) is 19.1 Å². The molecule has 1 saturated carbocycles. The number of alkyl halides is 3. The number of halogens is 3. The Morgan fingerprint density at radius 3 is 2.38 bits per heavy atom. The zero-order valence-corrected chi connectivity index (χ0v) is 20.6. The van der Waals surface area contributed by atoms with Crippen LogP contribution >= 0.6 is 0 Å². The van der Waals surface area contributed by atoms with Gasteiger partial charge in [-0.3, -0.25) is 4.79 Å². The molecule has 0 amide bonds. The van der Waals surface area contributed by atoms with Crippen molar-refractivity contribution >= 4 is 16.7 Å². The van der Waals surface area contributed by atoms with E-state index in [-0.39, 0.29) is 35.0 Å². The monoisotopic (exact) mass is 479 g/mol. The summed E-state index contributed by atoms with van der Waals surface area (Å²) in [5, 5.41) is 3.79. The van der Waals surface area contributed by atoms with Gasteiger partial charge in [-0.1, -0.05) is 39.0 Å². The van der Waals surface area contributed by atoms with E-state index in [1.807, 2.05) is 0 Å². The van der Waals surface area contributed by atoms with E-state index in [0.717, 1.165) is 31.2 Å². The van der Waals surface area contributed by atoms with Gasteiger partial charge in [-0.25, -0.2) is 0 Å². The minimum atomic E-state index is -4.52. The van der Waals surface area contributed by atoms with Crippen LogP contribution in [0.15, 0.2) is 30.3 Å². The Bertz CT molecular complexity index is 973. The molecule has 3 rings (SSSR count). The maximum Gasteiger partial charge on any atom is 0.420 e. The number of rotatable bonds is 8. The van der Waals surface area contributed by atoms with Crippen molar-refractivity contribution in [3.63, 3.8) is 0 Å². The second-order valence-corrected chi connectivity index (χ2v) is 10.2. The lowest BCUT2D eigenvalue weighted by Gasteiger charge is -2.37.